The molecule has 2 amide bonds. The van der Waals surface area contributed by atoms with Crippen LogP contribution in [0, 0.1) is 10.1 Å². The maximum atomic E-state index is 13.1. The average molecular weight is 494 g/mol. The minimum atomic E-state index is -0.741. The molecule has 2 N–H and O–H groups in total. The molecule has 0 aliphatic rings. The van der Waals surface area contributed by atoms with Crippen LogP contribution >= 0.6 is 34.7 Å². The van der Waals surface area contributed by atoms with Gasteiger partial charge < -0.3 is 10.1 Å². The number of carbonyl (C=O) groups excluding carboxylic acids is 2. The van der Waals surface area contributed by atoms with Gasteiger partial charge in [0.25, 0.3) is 5.69 Å². The molecule has 10 nitrogen and oxygen atoms in total. The fourth-order valence-electron chi connectivity index (χ4n) is 2.50. The Kier molecular flexibility index (Phi) is 7.98. The van der Waals surface area contributed by atoms with Gasteiger partial charge in [0.2, 0.25) is 11.0 Å². The van der Waals surface area contributed by atoms with Crippen LogP contribution in [0.2, 0.25) is 5.02 Å². The summed E-state index contributed by atoms with van der Waals surface area (Å²) in [5, 5.41) is 23.6. The molecule has 32 heavy (non-hydrogen) atoms. The summed E-state index contributed by atoms with van der Waals surface area (Å²) in [7, 11) is 0. The minimum absolute atomic E-state index is 0.0301. The number of aromatic nitrogens is 2. The van der Waals surface area contributed by atoms with Crippen LogP contribution in [0.5, 0.6) is 0 Å². The van der Waals surface area contributed by atoms with Crippen LogP contribution in [-0.4, -0.2) is 33.7 Å². The molecule has 0 bridgehead atoms. The summed E-state index contributed by atoms with van der Waals surface area (Å²) in [5.41, 5.74) is 0.607. The van der Waals surface area contributed by atoms with Crippen molar-refractivity contribution in [1.29, 1.82) is 0 Å². The molecule has 0 fully saturated rings. The van der Waals surface area contributed by atoms with Crippen molar-refractivity contribution < 1.29 is 19.2 Å². The van der Waals surface area contributed by atoms with Crippen molar-refractivity contribution in [2.45, 2.75) is 16.5 Å². The van der Waals surface area contributed by atoms with Crippen LogP contribution in [0.4, 0.5) is 21.3 Å². The lowest BCUT2D eigenvalue weighted by Gasteiger charge is -2.15. The summed E-state index contributed by atoms with van der Waals surface area (Å²) >= 11 is 8.05. The summed E-state index contributed by atoms with van der Waals surface area (Å²) in [6.45, 7) is 1.89. The predicted octanol–water partition coefficient (Wildman–Crippen LogP) is 5.14. The molecule has 1 aromatic heterocycles. The second-order valence-corrected chi connectivity index (χ2v) is 8.78. The van der Waals surface area contributed by atoms with Crippen molar-refractivity contribution in [3.05, 3.63) is 69.2 Å². The third-order valence-corrected chi connectivity index (χ3v) is 6.36. The summed E-state index contributed by atoms with van der Waals surface area (Å²) in [4.78, 5) is 35.1. The number of carbonyl (C=O) groups is 2. The number of anilines is 2. The smallest absolute Gasteiger partial charge is 0.413 e. The van der Waals surface area contributed by atoms with Crippen molar-refractivity contribution >= 4 is 63.2 Å². The molecule has 13 heteroatoms. The lowest BCUT2D eigenvalue weighted by Crippen LogP contribution is -2.19. The van der Waals surface area contributed by atoms with Crippen LogP contribution < -0.4 is 10.6 Å². The number of hydrogen-bond acceptors (Lipinski definition) is 9. The van der Waals surface area contributed by atoms with Crippen molar-refractivity contribution in [2.24, 2.45) is 0 Å². The molecule has 0 saturated carbocycles. The molecule has 166 valence electrons. The zero-order valence-electron chi connectivity index (χ0n) is 16.5. The van der Waals surface area contributed by atoms with Crippen molar-refractivity contribution in [3.63, 3.8) is 0 Å². The first-order chi connectivity index (χ1) is 15.4. The summed E-state index contributed by atoms with van der Waals surface area (Å²) in [6.07, 6.45) is -0.651. The van der Waals surface area contributed by atoms with Gasteiger partial charge in [0.1, 0.15) is 10.3 Å². The maximum absolute atomic E-state index is 13.1. The van der Waals surface area contributed by atoms with Crippen LogP contribution in [0.3, 0.4) is 0 Å². The number of hydrogen-bond donors (Lipinski definition) is 2. The Morgan fingerprint density at radius 3 is 2.66 bits per heavy atom. The monoisotopic (exact) mass is 493 g/mol. The fraction of sp³-hybridized carbons (Fsp3) is 0.158. The second kappa shape index (κ2) is 10.9. The Labute approximate surface area is 195 Å². The van der Waals surface area contributed by atoms with E-state index >= 15 is 0 Å². The van der Waals surface area contributed by atoms with E-state index in [1.54, 1.807) is 31.2 Å². The molecule has 1 atom stereocenters. The van der Waals surface area contributed by atoms with Gasteiger partial charge in [0.15, 0.2) is 4.34 Å². The number of nitro benzene ring substituents is 1. The van der Waals surface area contributed by atoms with Gasteiger partial charge in [-0.15, -0.1) is 10.2 Å². The van der Waals surface area contributed by atoms with Crippen molar-refractivity contribution in [2.75, 3.05) is 17.2 Å². The highest BCUT2D eigenvalue weighted by molar-refractivity contribution is 8.02. The molecular formula is C19H16ClN5O5S2. The number of nitro groups is 1. The molecule has 0 saturated heterocycles. The Morgan fingerprint density at radius 1 is 1.22 bits per heavy atom. The third kappa shape index (κ3) is 6.15. The van der Waals surface area contributed by atoms with E-state index < -0.39 is 22.2 Å². The normalized spacial score (nSPS) is 11.4. The first-order valence-electron chi connectivity index (χ1n) is 9.11. The van der Waals surface area contributed by atoms with E-state index in [0.717, 1.165) is 23.1 Å². The molecule has 1 heterocycles. The molecular weight excluding hydrogens is 478 g/mol. The number of halogens is 1. The van der Waals surface area contributed by atoms with Gasteiger partial charge in [0.05, 0.1) is 11.5 Å². The van der Waals surface area contributed by atoms with Crippen LogP contribution in [-0.2, 0) is 9.53 Å². The van der Waals surface area contributed by atoms with Gasteiger partial charge in [-0.1, -0.05) is 65.0 Å². The SMILES string of the molecule is CCOC(=O)Nc1nnc(SC(C(=O)Nc2ccc(Cl)c([N+](=O)[O-])c2)c2ccccc2)s1. The standard InChI is InChI=1S/C19H16ClN5O5S2/c1-2-30-18(27)22-17-23-24-19(32-17)31-15(11-6-4-3-5-7-11)16(26)21-12-8-9-13(20)14(10-12)25(28)29/h3-10,15H,2H2,1H3,(H,21,26)(H,22,23,27). The van der Waals surface area contributed by atoms with Crippen molar-refractivity contribution in [3.8, 4) is 0 Å². The number of nitrogens with zero attached hydrogens (tertiary/aromatic N) is 3. The topological polar surface area (TPSA) is 136 Å². The van der Waals surface area contributed by atoms with Gasteiger partial charge in [0, 0.05) is 11.8 Å². The second-order valence-electron chi connectivity index (χ2n) is 6.04. The Morgan fingerprint density at radius 2 is 1.97 bits per heavy atom. The van der Waals surface area contributed by atoms with Crippen LogP contribution in [0.15, 0.2) is 52.9 Å². The Hall–Kier alpha value is -3.22. The summed E-state index contributed by atoms with van der Waals surface area (Å²) in [6, 6.07) is 13.0. The molecule has 1 unspecified atom stereocenters. The van der Waals surface area contributed by atoms with E-state index in [2.05, 4.69) is 20.8 Å². The molecule has 0 radical (unpaired) electrons. The van der Waals surface area contributed by atoms with Gasteiger partial charge in [-0.3, -0.25) is 20.2 Å². The Bertz CT molecular complexity index is 1130. The van der Waals surface area contributed by atoms with Gasteiger partial charge in [-0.2, -0.15) is 0 Å². The Balaban J connectivity index is 1.81. The number of nitrogens with one attached hydrogen (secondary N) is 2. The summed E-state index contributed by atoms with van der Waals surface area (Å²) in [5.74, 6) is -0.423. The van der Waals surface area contributed by atoms with E-state index in [4.69, 9.17) is 16.3 Å². The quantitative estimate of drug-likeness (QED) is 0.190. The molecule has 3 rings (SSSR count). The fourth-order valence-corrected chi connectivity index (χ4v) is 4.62. The average Bonchev–Trinajstić information content (AvgIpc) is 3.20. The molecule has 0 spiro atoms. The molecule has 0 aliphatic carbocycles. The highest BCUT2D eigenvalue weighted by Crippen LogP contribution is 2.39. The van der Waals surface area contributed by atoms with Crippen LogP contribution in [0.25, 0.3) is 0 Å². The predicted molar refractivity (Wildman–Crippen MR) is 122 cm³/mol. The van der Waals surface area contributed by atoms with Crippen molar-refractivity contribution in [1.82, 2.24) is 10.2 Å². The number of rotatable bonds is 8. The molecule has 2 aromatic carbocycles. The van der Waals surface area contributed by atoms with Gasteiger partial charge >= 0.3 is 6.09 Å². The number of ether oxygens (including phenoxy) is 1. The lowest BCUT2D eigenvalue weighted by molar-refractivity contribution is -0.384. The zero-order chi connectivity index (χ0) is 23.1. The largest absolute Gasteiger partial charge is 0.450 e. The lowest BCUT2D eigenvalue weighted by atomic mass is 10.1. The molecule has 3 aromatic rings. The third-order valence-electron chi connectivity index (χ3n) is 3.86. The minimum Gasteiger partial charge on any atom is -0.450 e. The van der Waals surface area contributed by atoms with Gasteiger partial charge in [-0.05, 0) is 24.6 Å². The van der Waals surface area contributed by atoms with E-state index in [-0.39, 0.29) is 28.1 Å². The highest BCUT2D eigenvalue weighted by Gasteiger charge is 2.25. The van der Waals surface area contributed by atoms with Gasteiger partial charge in [-0.25, -0.2) is 4.79 Å². The zero-order valence-corrected chi connectivity index (χ0v) is 18.9. The van der Waals surface area contributed by atoms with E-state index in [0.29, 0.717) is 9.90 Å². The number of amides is 2. The first kappa shape index (κ1) is 23.4. The maximum Gasteiger partial charge on any atom is 0.413 e. The van der Waals surface area contributed by atoms with Crippen LogP contribution in [0.1, 0.15) is 17.7 Å². The number of benzene rings is 2. The van der Waals surface area contributed by atoms with E-state index in [9.17, 15) is 19.7 Å². The molecule has 0 aliphatic heterocycles. The highest BCUT2D eigenvalue weighted by atomic mass is 35.5. The van der Waals surface area contributed by atoms with E-state index in [1.165, 1.54) is 18.2 Å². The number of thioether (sulfide) groups is 1. The first-order valence-corrected chi connectivity index (χ1v) is 11.2. The summed E-state index contributed by atoms with van der Waals surface area (Å²) < 4.78 is 5.24. The van der Waals surface area contributed by atoms with E-state index in [1.807, 2.05) is 6.07 Å².